The third-order valence-electron chi connectivity index (χ3n) is 2.84. The van der Waals surface area contributed by atoms with E-state index < -0.39 is 12.7 Å². The topological polar surface area (TPSA) is 30.9 Å². The van der Waals surface area contributed by atoms with Crippen LogP contribution in [0.4, 0.5) is 13.2 Å². The van der Waals surface area contributed by atoms with E-state index in [-0.39, 0.29) is 24.0 Å². The molecule has 0 aromatic carbocycles. The van der Waals surface area contributed by atoms with Gasteiger partial charge in [0, 0.05) is 33.2 Å². The number of nitrogens with one attached hydrogen (secondary N) is 1. The van der Waals surface area contributed by atoms with Gasteiger partial charge in [-0.05, 0) is 19.9 Å². The van der Waals surface area contributed by atoms with Gasteiger partial charge < -0.3 is 10.2 Å². The summed E-state index contributed by atoms with van der Waals surface area (Å²) in [5.41, 5.74) is 0. The van der Waals surface area contributed by atoms with Crippen LogP contribution in [-0.4, -0.2) is 68.8 Å². The number of guanidine groups is 1. The van der Waals surface area contributed by atoms with Gasteiger partial charge in [0.15, 0.2) is 5.96 Å². The van der Waals surface area contributed by atoms with Crippen molar-refractivity contribution in [1.82, 2.24) is 15.1 Å². The van der Waals surface area contributed by atoms with Crippen molar-refractivity contribution in [1.29, 1.82) is 0 Å². The fourth-order valence-corrected chi connectivity index (χ4v) is 2.00. The van der Waals surface area contributed by atoms with Crippen molar-refractivity contribution in [2.45, 2.75) is 19.0 Å². The van der Waals surface area contributed by atoms with E-state index in [1.807, 2.05) is 0 Å². The Labute approximate surface area is 129 Å². The average molecular weight is 394 g/mol. The Morgan fingerprint density at radius 3 is 2.37 bits per heavy atom. The molecule has 0 amide bonds. The highest BCUT2D eigenvalue weighted by Crippen LogP contribution is 2.15. The zero-order valence-corrected chi connectivity index (χ0v) is 13.7. The Balaban J connectivity index is 0.00000324. The van der Waals surface area contributed by atoms with Crippen molar-refractivity contribution in [3.8, 4) is 0 Å². The van der Waals surface area contributed by atoms with E-state index in [4.69, 9.17) is 0 Å². The molecule has 1 aliphatic rings. The first kappa shape index (κ1) is 18.8. The lowest BCUT2D eigenvalue weighted by Gasteiger charge is -2.23. The maximum absolute atomic E-state index is 12.1. The minimum Gasteiger partial charge on any atom is -0.355 e. The van der Waals surface area contributed by atoms with Gasteiger partial charge in [-0.25, -0.2) is 0 Å². The molecule has 0 aromatic heterocycles. The predicted molar refractivity (Wildman–Crippen MR) is 81.1 cm³/mol. The molecule has 1 heterocycles. The van der Waals surface area contributed by atoms with Crippen LogP contribution in [0.2, 0.25) is 0 Å². The molecule has 0 atom stereocenters. The van der Waals surface area contributed by atoms with Crippen molar-refractivity contribution in [3.05, 3.63) is 0 Å². The molecule has 1 saturated heterocycles. The highest BCUT2D eigenvalue weighted by Gasteiger charge is 2.28. The van der Waals surface area contributed by atoms with E-state index in [9.17, 15) is 13.2 Å². The van der Waals surface area contributed by atoms with E-state index in [2.05, 4.69) is 15.2 Å². The molecule has 0 aliphatic carbocycles. The summed E-state index contributed by atoms with van der Waals surface area (Å²) in [6.45, 7) is 1.87. The molecule has 114 valence electrons. The molecule has 1 N–H and O–H groups in total. The van der Waals surface area contributed by atoms with Crippen molar-refractivity contribution in [2.24, 2.45) is 4.99 Å². The molecule has 0 bridgehead atoms. The van der Waals surface area contributed by atoms with Gasteiger partial charge in [0.25, 0.3) is 0 Å². The first-order chi connectivity index (χ1) is 8.42. The Hall–Kier alpha value is -0.250. The Kier molecular flexibility index (Phi) is 8.71. The molecular formula is C11H22F3IN4. The van der Waals surface area contributed by atoms with Gasteiger partial charge in [0.2, 0.25) is 0 Å². The fraction of sp³-hybridized carbons (Fsp3) is 0.909. The van der Waals surface area contributed by atoms with E-state index in [0.29, 0.717) is 13.1 Å². The van der Waals surface area contributed by atoms with Gasteiger partial charge in [-0.2, -0.15) is 13.2 Å². The molecule has 1 fully saturated rings. The summed E-state index contributed by atoms with van der Waals surface area (Å²) in [5, 5.41) is 3.09. The normalized spacial score (nSPS) is 16.7. The number of likely N-dealkylation sites (N-methyl/N-ethyl adjacent to an activating group) is 1. The quantitative estimate of drug-likeness (QED) is 0.448. The number of hydrogen-bond acceptors (Lipinski definition) is 2. The van der Waals surface area contributed by atoms with E-state index >= 15 is 0 Å². The smallest absolute Gasteiger partial charge is 0.355 e. The summed E-state index contributed by atoms with van der Waals surface area (Å²) in [7, 11) is 3.16. The Morgan fingerprint density at radius 2 is 1.89 bits per heavy atom. The summed E-state index contributed by atoms with van der Waals surface area (Å²) < 4.78 is 36.3. The van der Waals surface area contributed by atoms with Gasteiger partial charge >= 0.3 is 6.18 Å². The number of hydrogen-bond donors (Lipinski definition) is 1. The highest BCUT2D eigenvalue weighted by atomic mass is 127. The number of likely N-dealkylation sites (tertiary alicyclic amines) is 1. The van der Waals surface area contributed by atoms with Crippen molar-refractivity contribution >= 4 is 29.9 Å². The second-order valence-corrected chi connectivity index (χ2v) is 4.52. The molecule has 0 spiro atoms. The predicted octanol–water partition coefficient (Wildman–Crippen LogP) is 1.77. The molecule has 0 aromatic rings. The lowest BCUT2D eigenvalue weighted by atomic mass is 10.4. The summed E-state index contributed by atoms with van der Waals surface area (Å²) in [6, 6.07) is 0. The Morgan fingerprint density at radius 1 is 1.32 bits per heavy atom. The highest BCUT2D eigenvalue weighted by molar-refractivity contribution is 14.0. The van der Waals surface area contributed by atoms with Crippen LogP contribution in [0.15, 0.2) is 4.99 Å². The SMILES string of the molecule is CN=C(NCCN(C)CC(F)(F)F)N1CCCC1.I. The minimum absolute atomic E-state index is 0. The average Bonchev–Trinajstić information content (AvgIpc) is 2.75. The number of rotatable bonds is 4. The minimum atomic E-state index is -4.13. The third kappa shape index (κ3) is 7.81. The number of alkyl halides is 3. The lowest BCUT2D eigenvalue weighted by Crippen LogP contribution is -2.43. The van der Waals surface area contributed by atoms with Crippen LogP contribution in [0.3, 0.4) is 0 Å². The van der Waals surface area contributed by atoms with Gasteiger partial charge in [-0.3, -0.25) is 9.89 Å². The van der Waals surface area contributed by atoms with E-state index in [1.54, 1.807) is 7.05 Å². The number of halogens is 4. The molecular weight excluding hydrogens is 372 g/mol. The number of nitrogens with zero attached hydrogens (tertiary/aromatic N) is 3. The van der Waals surface area contributed by atoms with Gasteiger partial charge in [-0.15, -0.1) is 24.0 Å². The summed E-state index contributed by atoms with van der Waals surface area (Å²) in [4.78, 5) is 7.52. The van der Waals surface area contributed by atoms with Crippen LogP contribution in [0.25, 0.3) is 0 Å². The molecule has 4 nitrogen and oxygen atoms in total. The lowest BCUT2D eigenvalue weighted by molar-refractivity contribution is -0.142. The Bertz CT molecular complexity index is 278. The second-order valence-electron chi connectivity index (χ2n) is 4.52. The summed E-state index contributed by atoms with van der Waals surface area (Å²) >= 11 is 0. The van der Waals surface area contributed by atoms with Crippen molar-refractivity contribution in [2.75, 3.05) is 46.8 Å². The molecule has 8 heteroatoms. The molecule has 19 heavy (non-hydrogen) atoms. The zero-order chi connectivity index (χ0) is 13.6. The van der Waals surface area contributed by atoms with Gasteiger partial charge in [0.05, 0.1) is 6.54 Å². The van der Waals surface area contributed by atoms with Gasteiger partial charge in [-0.1, -0.05) is 0 Å². The van der Waals surface area contributed by atoms with Crippen LogP contribution in [0.5, 0.6) is 0 Å². The molecule has 1 rings (SSSR count). The number of aliphatic imine (C=N–C) groups is 1. The van der Waals surface area contributed by atoms with Crippen LogP contribution >= 0.6 is 24.0 Å². The monoisotopic (exact) mass is 394 g/mol. The first-order valence-electron chi connectivity index (χ1n) is 6.13. The molecule has 1 aliphatic heterocycles. The fourth-order valence-electron chi connectivity index (χ4n) is 2.00. The van der Waals surface area contributed by atoms with Crippen LogP contribution < -0.4 is 5.32 Å². The maximum Gasteiger partial charge on any atom is 0.401 e. The maximum atomic E-state index is 12.1. The molecule has 0 radical (unpaired) electrons. The van der Waals surface area contributed by atoms with Crippen molar-refractivity contribution in [3.63, 3.8) is 0 Å². The summed E-state index contributed by atoms with van der Waals surface area (Å²) in [5.74, 6) is 0.785. The van der Waals surface area contributed by atoms with Crippen LogP contribution in [-0.2, 0) is 0 Å². The van der Waals surface area contributed by atoms with Gasteiger partial charge in [0.1, 0.15) is 0 Å². The largest absolute Gasteiger partial charge is 0.401 e. The first-order valence-corrected chi connectivity index (χ1v) is 6.13. The molecule has 0 saturated carbocycles. The van der Waals surface area contributed by atoms with Crippen LogP contribution in [0, 0.1) is 0 Å². The summed E-state index contributed by atoms with van der Waals surface area (Å²) in [6.07, 6.45) is -1.84. The third-order valence-corrected chi connectivity index (χ3v) is 2.84. The van der Waals surface area contributed by atoms with Crippen LogP contribution in [0.1, 0.15) is 12.8 Å². The van der Waals surface area contributed by atoms with E-state index in [0.717, 1.165) is 31.9 Å². The van der Waals surface area contributed by atoms with Crippen molar-refractivity contribution < 1.29 is 13.2 Å². The zero-order valence-electron chi connectivity index (χ0n) is 11.3. The second kappa shape index (κ2) is 8.83. The molecule has 0 unspecified atom stereocenters. The van der Waals surface area contributed by atoms with E-state index in [1.165, 1.54) is 11.9 Å². The standard InChI is InChI=1S/C11H21F3N4.HI/c1-15-10(18-6-3-4-7-18)16-5-8-17(2)9-11(12,13)14;/h3-9H2,1-2H3,(H,15,16);1H.